The SMILES string of the molecule is COc1cc(OCCOC(C)(C)C)cc(OC)c1N. The number of benzene rings is 1. The molecule has 19 heavy (non-hydrogen) atoms. The van der Waals surface area contributed by atoms with E-state index in [1.54, 1.807) is 26.4 Å². The summed E-state index contributed by atoms with van der Waals surface area (Å²) in [6.07, 6.45) is 0. The number of nitrogen functional groups attached to an aromatic ring is 1. The van der Waals surface area contributed by atoms with Gasteiger partial charge in [-0.3, -0.25) is 0 Å². The highest BCUT2D eigenvalue weighted by Gasteiger charge is 2.11. The molecule has 0 saturated heterocycles. The van der Waals surface area contributed by atoms with Crippen LogP contribution in [0.1, 0.15) is 20.8 Å². The van der Waals surface area contributed by atoms with Gasteiger partial charge in [0.15, 0.2) is 0 Å². The van der Waals surface area contributed by atoms with Gasteiger partial charge in [-0.25, -0.2) is 0 Å². The van der Waals surface area contributed by atoms with Crippen LogP contribution in [0, 0.1) is 0 Å². The van der Waals surface area contributed by atoms with Crippen LogP contribution in [0.2, 0.25) is 0 Å². The normalized spacial score (nSPS) is 11.2. The molecule has 5 nitrogen and oxygen atoms in total. The van der Waals surface area contributed by atoms with Gasteiger partial charge in [-0.15, -0.1) is 0 Å². The summed E-state index contributed by atoms with van der Waals surface area (Å²) >= 11 is 0. The minimum Gasteiger partial charge on any atom is -0.494 e. The maximum Gasteiger partial charge on any atom is 0.149 e. The molecule has 0 atom stereocenters. The van der Waals surface area contributed by atoms with Gasteiger partial charge >= 0.3 is 0 Å². The second kappa shape index (κ2) is 6.52. The van der Waals surface area contributed by atoms with Gasteiger partial charge in [0.25, 0.3) is 0 Å². The van der Waals surface area contributed by atoms with Crippen molar-refractivity contribution in [3.63, 3.8) is 0 Å². The molecule has 0 amide bonds. The van der Waals surface area contributed by atoms with Crippen molar-refractivity contribution >= 4 is 5.69 Å². The molecule has 1 aromatic carbocycles. The Kier molecular flexibility index (Phi) is 5.30. The first-order chi connectivity index (χ1) is 8.87. The fraction of sp³-hybridized carbons (Fsp3) is 0.571. The average molecular weight is 269 g/mol. The monoisotopic (exact) mass is 269 g/mol. The van der Waals surface area contributed by atoms with Crippen LogP contribution in [0.25, 0.3) is 0 Å². The Morgan fingerprint density at radius 1 is 1.00 bits per heavy atom. The van der Waals surface area contributed by atoms with E-state index in [9.17, 15) is 0 Å². The number of ether oxygens (including phenoxy) is 4. The fourth-order valence-electron chi connectivity index (χ4n) is 1.51. The van der Waals surface area contributed by atoms with E-state index in [0.29, 0.717) is 36.1 Å². The molecule has 0 unspecified atom stereocenters. The lowest BCUT2D eigenvalue weighted by Crippen LogP contribution is -2.22. The third kappa shape index (κ3) is 4.87. The van der Waals surface area contributed by atoms with Crippen molar-refractivity contribution < 1.29 is 18.9 Å². The predicted molar refractivity (Wildman–Crippen MR) is 75.2 cm³/mol. The first-order valence-corrected chi connectivity index (χ1v) is 6.15. The lowest BCUT2D eigenvalue weighted by atomic mass is 10.2. The summed E-state index contributed by atoms with van der Waals surface area (Å²) in [6, 6.07) is 3.46. The molecule has 5 heteroatoms. The molecule has 0 aliphatic carbocycles. The summed E-state index contributed by atoms with van der Waals surface area (Å²) in [6.45, 7) is 6.97. The molecule has 0 aliphatic rings. The van der Waals surface area contributed by atoms with Crippen molar-refractivity contribution in [2.45, 2.75) is 26.4 Å². The summed E-state index contributed by atoms with van der Waals surface area (Å²) in [7, 11) is 3.11. The third-order valence-corrected chi connectivity index (χ3v) is 2.40. The van der Waals surface area contributed by atoms with Gasteiger partial charge in [-0.1, -0.05) is 0 Å². The smallest absolute Gasteiger partial charge is 0.149 e. The summed E-state index contributed by atoms with van der Waals surface area (Å²) in [5.74, 6) is 1.71. The number of hydrogen-bond acceptors (Lipinski definition) is 5. The zero-order chi connectivity index (χ0) is 14.5. The molecule has 1 rings (SSSR count). The first-order valence-electron chi connectivity index (χ1n) is 6.15. The second-order valence-corrected chi connectivity index (χ2v) is 5.05. The van der Waals surface area contributed by atoms with Gasteiger partial charge in [-0.2, -0.15) is 0 Å². The van der Waals surface area contributed by atoms with Crippen LogP contribution in [0.15, 0.2) is 12.1 Å². The summed E-state index contributed by atoms with van der Waals surface area (Å²) in [5, 5.41) is 0. The van der Waals surface area contributed by atoms with E-state index in [-0.39, 0.29) is 5.60 Å². The summed E-state index contributed by atoms with van der Waals surface area (Å²) in [5.41, 5.74) is 6.15. The molecule has 0 saturated carbocycles. The maximum absolute atomic E-state index is 5.85. The second-order valence-electron chi connectivity index (χ2n) is 5.05. The van der Waals surface area contributed by atoms with Crippen molar-refractivity contribution in [2.75, 3.05) is 33.2 Å². The lowest BCUT2D eigenvalue weighted by Gasteiger charge is -2.19. The highest BCUT2D eigenvalue weighted by Crippen LogP contribution is 2.36. The zero-order valence-corrected chi connectivity index (χ0v) is 12.3. The molecule has 1 aromatic rings. The predicted octanol–water partition coefficient (Wildman–Crippen LogP) is 2.48. The molecule has 108 valence electrons. The molecule has 0 aromatic heterocycles. The number of nitrogens with two attached hydrogens (primary N) is 1. The minimum atomic E-state index is -0.167. The maximum atomic E-state index is 5.85. The van der Waals surface area contributed by atoms with E-state index in [0.717, 1.165) is 0 Å². The fourth-order valence-corrected chi connectivity index (χ4v) is 1.51. The standard InChI is InChI=1S/C14H23NO4/c1-14(2,3)19-7-6-18-10-8-11(16-4)13(15)12(9-10)17-5/h8-9H,6-7,15H2,1-5H3. The molecule has 0 radical (unpaired) electrons. The highest BCUT2D eigenvalue weighted by molar-refractivity contribution is 5.65. The third-order valence-electron chi connectivity index (χ3n) is 2.40. The van der Waals surface area contributed by atoms with Crippen LogP contribution in [-0.2, 0) is 4.74 Å². The Bertz CT molecular complexity index is 387. The number of rotatable bonds is 6. The molecule has 0 bridgehead atoms. The van der Waals surface area contributed by atoms with Crippen molar-refractivity contribution in [2.24, 2.45) is 0 Å². The van der Waals surface area contributed by atoms with Gasteiger partial charge < -0.3 is 24.7 Å². The quantitative estimate of drug-likeness (QED) is 0.635. The van der Waals surface area contributed by atoms with Crippen LogP contribution in [0.3, 0.4) is 0 Å². The molecular weight excluding hydrogens is 246 g/mol. The van der Waals surface area contributed by atoms with Crippen molar-refractivity contribution in [1.82, 2.24) is 0 Å². The molecule has 0 heterocycles. The largest absolute Gasteiger partial charge is 0.494 e. The molecule has 0 spiro atoms. The Hall–Kier alpha value is -1.62. The van der Waals surface area contributed by atoms with Crippen LogP contribution in [0.5, 0.6) is 17.2 Å². The van der Waals surface area contributed by atoms with Crippen LogP contribution in [-0.4, -0.2) is 33.0 Å². The topological polar surface area (TPSA) is 62.9 Å². The van der Waals surface area contributed by atoms with Gasteiger partial charge in [0.2, 0.25) is 0 Å². The van der Waals surface area contributed by atoms with Crippen molar-refractivity contribution in [3.05, 3.63) is 12.1 Å². The number of hydrogen-bond donors (Lipinski definition) is 1. The molecule has 2 N–H and O–H groups in total. The Morgan fingerprint density at radius 2 is 1.53 bits per heavy atom. The minimum absolute atomic E-state index is 0.167. The van der Waals surface area contributed by atoms with Gasteiger partial charge in [0.05, 0.1) is 26.4 Å². The Morgan fingerprint density at radius 3 is 1.95 bits per heavy atom. The Balaban J connectivity index is 2.63. The summed E-state index contributed by atoms with van der Waals surface area (Å²) < 4.78 is 21.5. The number of anilines is 1. The Labute approximate surface area is 114 Å². The van der Waals surface area contributed by atoms with E-state index >= 15 is 0 Å². The van der Waals surface area contributed by atoms with Crippen LogP contribution in [0.4, 0.5) is 5.69 Å². The van der Waals surface area contributed by atoms with E-state index in [1.165, 1.54) is 0 Å². The zero-order valence-electron chi connectivity index (χ0n) is 12.3. The van der Waals surface area contributed by atoms with Crippen molar-refractivity contribution in [3.8, 4) is 17.2 Å². The van der Waals surface area contributed by atoms with E-state index in [1.807, 2.05) is 20.8 Å². The van der Waals surface area contributed by atoms with E-state index in [2.05, 4.69) is 0 Å². The van der Waals surface area contributed by atoms with E-state index < -0.39 is 0 Å². The number of methoxy groups -OCH3 is 2. The van der Waals surface area contributed by atoms with Crippen LogP contribution >= 0.6 is 0 Å². The first kappa shape index (κ1) is 15.4. The molecule has 0 aliphatic heterocycles. The average Bonchev–Trinajstić information content (AvgIpc) is 2.35. The van der Waals surface area contributed by atoms with Gasteiger partial charge in [0, 0.05) is 12.1 Å². The molecule has 0 fully saturated rings. The van der Waals surface area contributed by atoms with E-state index in [4.69, 9.17) is 24.7 Å². The highest BCUT2D eigenvalue weighted by atomic mass is 16.5. The van der Waals surface area contributed by atoms with Gasteiger partial charge in [0.1, 0.15) is 29.5 Å². The van der Waals surface area contributed by atoms with Crippen LogP contribution < -0.4 is 19.9 Å². The summed E-state index contributed by atoms with van der Waals surface area (Å²) in [4.78, 5) is 0. The van der Waals surface area contributed by atoms with Crippen molar-refractivity contribution in [1.29, 1.82) is 0 Å². The lowest BCUT2D eigenvalue weighted by molar-refractivity contribution is -0.0163. The molecular formula is C14H23NO4. The van der Waals surface area contributed by atoms with Gasteiger partial charge in [-0.05, 0) is 20.8 Å².